The number of imidazole rings is 1. The molecule has 1 aliphatic rings. The number of aromatic nitrogens is 2. The predicted molar refractivity (Wildman–Crippen MR) is 140 cm³/mol. The minimum absolute atomic E-state index is 0.0468. The first kappa shape index (κ1) is 23.9. The Bertz CT molecular complexity index is 1400. The fraction of sp³-hybridized carbons (Fsp3) is 0.310. The van der Waals surface area contributed by atoms with E-state index in [1.165, 1.54) is 5.56 Å². The Morgan fingerprint density at radius 1 is 1.08 bits per heavy atom. The normalized spacial score (nSPS) is 16.5. The number of hydrogen-bond acceptors (Lipinski definition) is 5. The first-order valence-electron chi connectivity index (χ1n) is 12.2. The molecule has 0 radical (unpaired) electrons. The Labute approximate surface area is 210 Å². The molecule has 1 aromatic heterocycles. The minimum atomic E-state index is -0.742. The van der Waals surface area contributed by atoms with E-state index in [9.17, 15) is 9.90 Å². The molecular weight excluding hydrogens is 454 g/mol. The number of benzene rings is 3. The number of fused-ring (bicyclic) bond motifs is 1. The maximum Gasteiger partial charge on any atom is 0.227 e. The third-order valence-corrected chi connectivity index (χ3v) is 6.69. The highest BCUT2D eigenvalue weighted by molar-refractivity contribution is 5.96. The Hall–Kier alpha value is -3.84. The highest BCUT2D eigenvalue weighted by Crippen LogP contribution is 2.34. The average molecular weight is 486 g/mol. The maximum atomic E-state index is 13.0. The molecule has 2 heterocycles. The van der Waals surface area contributed by atoms with Crippen molar-refractivity contribution < 1.29 is 19.4 Å². The zero-order valence-electron chi connectivity index (χ0n) is 20.8. The first-order chi connectivity index (χ1) is 17.4. The van der Waals surface area contributed by atoms with Crippen LogP contribution in [-0.4, -0.2) is 46.9 Å². The third-order valence-electron chi connectivity index (χ3n) is 6.69. The summed E-state index contributed by atoms with van der Waals surface area (Å²) in [6, 6.07) is 21.4. The third kappa shape index (κ3) is 4.79. The standard InChI is InChI=1S/C29H31N3O4/c1-19-11-12-27(20(2)13-19)36-18-23(33)17-32-26-10-5-4-9-25(26)30-29(32)21-14-28(34)31(16-21)22-7-6-8-24(15-22)35-3/h4-13,15,21,23,33H,14,16-18H2,1-3H3. The minimum Gasteiger partial charge on any atom is -0.497 e. The number of hydrogen-bond donors (Lipinski definition) is 1. The van der Waals surface area contributed by atoms with E-state index in [0.717, 1.165) is 33.9 Å². The van der Waals surface area contributed by atoms with Crippen LogP contribution in [-0.2, 0) is 11.3 Å². The fourth-order valence-corrected chi connectivity index (χ4v) is 4.92. The van der Waals surface area contributed by atoms with Gasteiger partial charge in [0.2, 0.25) is 5.91 Å². The molecule has 36 heavy (non-hydrogen) atoms. The Kier molecular flexibility index (Phi) is 6.65. The molecule has 7 nitrogen and oxygen atoms in total. The Morgan fingerprint density at radius 2 is 1.92 bits per heavy atom. The van der Waals surface area contributed by atoms with Crippen LogP contribution in [0.5, 0.6) is 11.5 Å². The van der Waals surface area contributed by atoms with Crippen LogP contribution in [0, 0.1) is 13.8 Å². The average Bonchev–Trinajstić information content (AvgIpc) is 3.44. The van der Waals surface area contributed by atoms with Crippen LogP contribution in [0.1, 0.15) is 29.3 Å². The van der Waals surface area contributed by atoms with Gasteiger partial charge in [0, 0.05) is 30.6 Å². The molecule has 1 aliphatic heterocycles. The SMILES string of the molecule is COc1cccc(N2CC(c3nc4ccccc4n3CC(O)COc3ccc(C)cc3C)CC2=O)c1. The largest absolute Gasteiger partial charge is 0.497 e. The number of rotatable bonds is 8. The van der Waals surface area contributed by atoms with Crippen molar-refractivity contribution in [1.29, 1.82) is 0 Å². The van der Waals surface area contributed by atoms with Crippen molar-refractivity contribution in [3.05, 3.63) is 83.7 Å². The molecule has 1 amide bonds. The summed E-state index contributed by atoms with van der Waals surface area (Å²) >= 11 is 0. The van der Waals surface area contributed by atoms with Gasteiger partial charge in [-0.2, -0.15) is 0 Å². The lowest BCUT2D eigenvalue weighted by atomic mass is 10.1. The summed E-state index contributed by atoms with van der Waals surface area (Å²) in [6.07, 6.45) is -0.385. The number of anilines is 1. The molecule has 1 saturated heterocycles. The van der Waals surface area contributed by atoms with Crippen molar-refractivity contribution in [2.45, 2.75) is 38.8 Å². The molecule has 1 N–H and O–H groups in total. The van der Waals surface area contributed by atoms with Gasteiger partial charge < -0.3 is 24.0 Å². The number of ether oxygens (including phenoxy) is 2. The van der Waals surface area contributed by atoms with Crippen LogP contribution in [0.25, 0.3) is 11.0 Å². The highest BCUT2D eigenvalue weighted by Gasteiger charge is 2.35. The van der Waals surface area contributed by atoms with Crippen LogP contribution >= 0.6 is 0 Å². The van der Waals surface area contributed by atoms with Crippen molar-refractivity contribution in [2.24, 2.45) is 0 Å². The van der Waals surface area contributed by atoms with Gasteiger partial charge in [0.25, 0.3) is 0 Å². The molecule has 4 aromatic rings. The number of aryl methyl sites for hydroxylation is 2. The lowest BCUT2D eigenvalue weighted by Crippen LogP contribution is -2.26. The van der Waals surface area contributed by atoms with Gasteiger partial charge in [-0.15, -0.1) is 0 Å². The molecule has 7 heteroatoms. The lowest BCUT2D eigenvalue weighted by Gasteiger charge is -2.19. The molecule has 2 atom stereocenters. The van der Waals surface area contributed by atoms with E-state index >= 15 is 0 Å². The molecule has 3 aromatic carbocycles. The van der Waals surface area contributed by atoms with Crippen LogP contribution < -0.4 is 14.4 Å². The highest BCUT2D eigenvalue weighted by atomic mass is 16.5. The molecule has 1 fully saturated rings. The van der Waals surface area contributed by atoms with Crippen LogP contribution in [0.3, 0.4) is 0 Å². The molecule has 5 rings (SSSR count). The molecular formula is C29H31N3O4. The zero-order valence-corrected chi connectivity index (χ0v) is 20.8. The molecule has 2 unspecified atom stereocenters. The molecule has 0 saturated carbocycles. The number of nitrogens with zero attached hydrogens (tertiary/aromatic N) is 3. The Morgan fingerprint density at radius 3 is 2.72 bits per heavy atom. The number of methoxy groups -OCH3 is 1. The summed E-state index contributed by atoms with van der Waals surface area (Å²) < 4.78 is 13.3. The number of aliphatic hydroxyl groups excluding tert-OH is 1. The van der Waals surface area contributed by atoms with Gasteiger partial charge in [0.05, 0.1) is 24.7 Å². The van der Waals surface area contributed by atoms with Gasteiger partial charge in [-0.1, -0.05) is 35.9 Å². The molecule has 0 spiro atoms. The van der Waals surface area contributed by atoms with Gasteiger partial charge >= 0.3 is 0 Å². The molecule has 0 bridgehead atoms. The monoisotopic (exact) mass is 485 g/mol. The van der Waals surface area contributed by atoms with E-state index in [4.69, 9.17) is 14.5 Å². The van der Waals surface area contributed by atoms with Crippen molar-refractivity contribution in [1.82, 2.24) is 9.55 Å². The second-order valence-electron chi connectivity index (χ2n) is 9.41. The number of para-hydroxylation sites is 2. The number of carbonyl (C=O) groups excluding carboxylic acids is 1. The van der Waals surface area contributed by atoms with Crippen LogP contribution in [0.2, 0.25) is 0 Å². The van der Waals surface area contributed by atoms with Gasteiger partial charge in [0.15, 0.2) is 0 Å². The van der Waals surface area contributed by atoms with Crippen molar-refractivity contribution in [2.75, 3.05) is 25.2 Å². The van der Waals surface area contributed by atoms with E-state index in [1.807, 2.05) is 79.1 Å². The zero-order chi connectivity index (χ0) is 25.2. The van der Waals surface area contributed by atoms with Gasteiger partial charge in [-0.25, -0.2) is 4.98 Å². The van der Waals surface area contributed by atoms with Crippen molar-refractivity contribution in [3.8, 4) is 11.5 Å². The van der Waals surface area contributed by atoms with Crippen LogP contribution in [0.15, 0.2) is 66.7 Å². The maximum absolute atomic E-state index is 13.0. The van der Waals surface area contributed by atoms with Gasteiger partial charge in [0.1, 0.15) is 30.0 Å². The van der Waals surface area contributed by atoms with E-state index in [1.54, 1.807) is 12.0 Å². The summed E-state index contributed by atoms with van der Waals surface area (Å²) in [6.45, 7) is 5.05. The summed E-state index contributed by atoms with van der Waals surface area (Å²) in [4.78, 5) is 19.7. The van der Waals surface area contributed by atoms with Gasteiger partial charge in [-0.05, 0) is 49.7 Å². The molecule has 0 aliphatic carbocycles. The summed E-state index contributed by atoms with van der Waals surface area (Å²) in [7, 11) is 1.62. The number of amides is 1. The quantitative estimate of drug-likeness (QED) is 0.394. The number of carbonyl (C=O) groups is 1. The van der Waals surface area contributed by atoms with E-state index in [-0.39, 0.29) is 18.4 Å². The van der Waals surface area contributed by atoms with E-state index in [0.29, 0.717) is 25.3 Å². The summed E-state index contributed by atoms with van der Waals surface area (Å²) in [5.41, 5.74) is 4.81. The summed E-state index contributed by atoms with van der Waals surface area (Å²) in [5, 5.41) is 10.9. The van der Waals surface area contributed by atoms with Crippen molar-refractivity contribution >= 4 is 22.6 Å². The lowest BCUT2D eigenvalue weighted by molar-refractivity contribution is -0.117. The molecule has 186 valence electrons. The topological polar surface area (TPSA) is 76.8 Å². The van der Waals surface area contributed by atoms with Crippen molar-refractivity contribution in [3.63, 3.8) is 0 Å². The summed E-state index contributed by atoms with van der Waals surface area (Å²) in [5.74, 6) is 2.24. The number of aliphatic hydroxyl groups is 1. The second-order valence-corrected chi connectivity index (χ2v) is 9.41. The van der Waals surface area contributed by atoms with Gasteiger partial charge in [-0.3, -0.25) is 4.79 Å². The predicted octanol–water partition coefficient (Wildman–Crippen LogP) is 4.62. The van der Waals surface area contributed by atoms with Crippen LogP contribution in [0.4, 0.5) is 5.69 Å². The second kappa shape index (κ2) is 10.0. The van der Waals surface area contributed by atoms with E-state index < -0.39 is 6.10 Å². The Balaban J connectivity index is 1.38. The first-order valence-corrected chi connectivity index (χ1v) is 12.2. The van der Waals surface area contributed by atoms with E-state index in [2.05, 4.69) is 6.07 Å². The fourth-order valence-electron chi connectivity index (χ4n) is 4.92. The smallest absolute Gasteiger partial charge is 0.227 e.